The lowest BCUT2D eigenvalue weighted by atomic mass is 9.78. The summed E-state index contributed by atoms with van der Waals surface area (Å²) in [5.74, 6) is 0.727. The van der Waals surface area contributed by atoms with Gasteiger partial charge in [-0.2, -0.15) is 5.26 Å². The van der Waals surface area contributed by atoms with E-state index in [1.165, 1.54) is 50.7 Å². The van der Waals surface area contributed by atoms with Crippen LogP contribution in [0.25, 0.3) is 11.1 Å². The molecule has 0 saturated heterocycles. The summed E-state index contributed by atoms with van der Waals surface area (Å²) in [5, 5.41) is 8.81. The Labute approximate surface area is 161 Å². The first-order chi connectivity index (χ1) is 13.1. The summed E-state index contributed by atoms with van der Waals surface area (Å²) < 4.78 is 28.4. The fourth-order valence-corrected chi connectivity index (χ4v) is 4.31. The van der Waals surface area contributed by atoms with E-state index in [0.29, 0.717) is 11.1 Å². The van der Waals surface area contributed by atoms with Gasteiger partial charge in [0.15, 0.2) is 0 Å². The molecular formula is C24H27F2N. The molecule has 1 saturated carbocycles. The Balaban J connectivity index is 1.60. The van der Waals surface area contributed by atoms with Gasteiger partial charge in [-0.15, -0.1) is 0 Å². The average molecular weight is 367 g/mol. The van der Waals surface area contributed by atoms with E-state index in [9.17, 15) is 8.78 Å². The zero-order valence-corrected chi connectivity index (χ0v) is 16.0. The van der Waals surface area contributed by atoms with Crippen molar-refractivity contribution in [1.29, 1.82) is 5.26 Å². The third-order valence-electron chi connectivity index (χ3n) is 5.94. The van der Waals surface area contributed by atoms with Crippen molar-refractivity contribution in [1.82, 2.24) is 0 Å². The maximum absolute atomic E-state index is 14.6. The predicted octanol–water partition coefficient (Wildman–Crippen LogP) is 7.04. The Kier molecular flexibility index (Phi) is 6.61. The van der Waals surface area contributed by atoms with Crippen molar-refractivity contribution < 1.29 is 8.78 Å². The van der Waals surface area contributed by atoms with Crippen LogP contribution in [0.4, 0.5) is 8.78 Å². The quantitative estimate of drug-likeness (QED) is 0.537. The topological polar surface area (TPSA) is 23.8 Å². The summed E-state index contributed by atoms with van der Waals surface area (Å²) in [7, 11) is 0. The number of aryl methyl sites for hydroxylation is 1. The summed E-state index contributed by atoms with van der Waals surface area (Å²) in [6.07, 6.45) is 9.93. The van der Waals surface area contributed by atoms with E-state index in [-0.39, 0.29) is 11.4 Å². The van der Waals surface area contributed by atoms with Crippen molar-refractivity contribution in [2.45, 2.75) is 58.3 Å². The first-order valence-corrected chi connectivity index (χ1v) is 10.1. The molecule has 1 aliphatic carbocycles. The first kappa shape index (κ1) is 19.5. The molecule has 0 radical (unpaired) electrons. The van der Waals surface area contributed by atoms with E-state index in [2.05, 4.69) is 6.92 Å². The molecule has 0 atom stereocenters. The van der Waals surface area contributed by atoms with Gasteiger partial charge in [-0.05, 0) is 54.0 Å². The lowest BCUT2D eigenvalue weighted by molar-refractivity contribution is 0.252. The molecule has 0 aliphatic heterocycles. The molecule has 3 heteroatoms. The van der Waals surface area contributed by atoms with Gasteiger partial charge in [-0.1, -0.05) is 63.6 Å². The van der Waals surface area contributed by atoms with Gasteiger partial charge in [0.05, 0.1) is 5.56 Å². The number of hydrogen-bond acceptors (Lipinski definition) is 1. The predicted molar refractivity (Wildman–Crippen MR) is 105 cm³/mol. The Hall–Kier alpha value is -2.21. The van der Waals surface area contributed by atoms with Crippen molar-refractivity contribution in [2.24, 2.45) is 11.8 Å². The molecule has 0 amide bonds. The minimum Gasteiger partial charge on any atom is -0.206 e. The second-order valence-corrected chi connectivity index (χ2v) is 7.83. The highest BCUT2D eigenvalue weighted by Crippen LogP contribution is 2.34. The van der Waals surface area contributed by atoms with Crippen LogP contribution in [0.3, 0.4) is 0 Å². The molecule has 2 aromatic rings. The Morgan fingerprint density at radius 1 is 0.926 bits per heavy atom. The monoisotopic (exact) mass is 367 g/mol. The van der Waals surface area contributed by atoms with Crippen LogP contribution in [0.15, 0.2) is 36.4 Å². The van der Waals surface area contributed by atoms with Crippen LogP contribution in [0.2, 0.25) is 0 Å². The van der Waals surface area contributed by atoms with E-state index in [0.717, 1.165) is 30.2 Å². The summed E-state index contributed by atoms with van der Waals surface area (Å²) in [5.41, 5.74) is 1.82. The fourth-order valence-electron chi connectivity index (χ4n) is 4.31. The molecule has 1 fully saturated rings. The van der Waals surface area contributed by atoms with Crippen LogP contribution in [0.5, 0.6) is 0 Å². The van der Waals surface area contributed by atoms with Gasteiger partial charge in [-0.25, -0.2) is 8.78 Å². The highest BCUT2D eigenvalue weighted by Gasteiger charge is 2.20. The molecule has 0 N–H and O–H groups in total. The molecule has 1 aliphatic rings. The number of nitrogens with zero attached hydrogens (tertiary/aromatic N) is 1. The standard InChI is InChI=1S/C24H27F2N/c1-2-3-17-4-6-18(7-5-17)8-9-19-10-13-22(24(26)14-19)20-11-12-21(16-27)23(25)15-20/h10-15,17-18H,2-9H2,1H3. The molecule has 3 rings (SSSR count). The van der Waals surface area contributed by atoms with E-state index >= 15 is 0 Å². The number of rotatable bonds is 6. The molecule has 1 nitrogen and oxygen atoms in total. The zero-order chi connectivity index (χ0) is 19.2. The van der Waals surface area contributed by atoms with Gasteiger partial charge in [-0.3, -0.25) is 0 Å². The maximum atomic E-state index is 14.6. The number of benzene rings is 2. The minimum atomic E-state index is -0.614. The van der Waals surface area contributed by atoms with Crippen LogP contribution in [0, 0.1) is 34.8 Å². The molecule has 2 aromatic carbocycles. The zero-order valence-electron chi connectivity index (χ0n) is 16.0. The second-order valence-electron chi connectivity index (χ2n) is 7.83. The Bertz CT molecular complexity index is 814. The lowest BCUT2D eigenvalue weighted by Gasteiger charge is -2.28. The third kappa shape index (κ3) is 4.95. The molecule has 0 aromatic heterocycles. The lowest BCUT2D eigenvalue weighted by Crippen LogP contribution is -2.15. The van der Waals surface area contributed by atoms with Gasteiger partial charge in [0.25, 0.3) is 0 Å². The molecule has 0 bridgehead atoms. The van der Waals surface area contributed by atoms with Crippen LogP contribution in [-0.2, 0) is 6.42 Å². The van der Waals surface area contributed by atoms with Crippen molar-refractivity contribution in [3.63, 3.8) is 0 Å². The molecule has 142 valence electrons. The van der Waals surface area contributed by atoms with E-state index in [1.54, 1.807) is 24.3 Å². The third-order valence-corrected chi connectivity index (χ3v) is 5.94. The molecule has 0 unspecified atom stereocenters. The molecule has 0 spiro atoms. The van der Waals surface area contributed by atoms with Gasteiger partial charge in [0.1, 0.15) is 17.7 Å². The Morgan fingerprint density at radius 2 is 1.63 bits per heavy atom. The summed E-state index contributed by atoms with van der Waals surface area (Å²) in [6.45, 7) is 2.26. The van der Waals surface area contributed by atoms with Gasteiger partial charge >= 0.3 is 0 Å². The largest absolute Gasteiger partial charge is 0.206 e. The van der Waals surface area contributed by atoms with E-state index in [1.807, 2.05) is 6.07 Å². The fraction of sp³-hybridized carbons (Fsp3) is 0.458. The summed E-state index contributed by atoms with van der Waals surface area (Å²) in [6, 6.07) is 11.2. The maximum Gasteiger partial charge on any atom is 0.141 e. The summed E-state index contributed by atoms with van der Waals surface area (Å²) >= 11 is 0. The number of nitriles is 1. The smallest absolute Gasteiger partial charge is 0.141 e. The highest BCUT2D eigenvalue weighted by molar-refractivity contribution is 5.65. The molecular weight excluding hydrogens is 340 g/mol. The number of halogens is 2. The number of hydrogen-bond donors (Lipinski definition) is 0. The van der Waals surface area contributed by atoms with Crippen molar-refractivity contribution in [3.05, 3.63) is 59.2 Å². The second kappa shape index (κ2) is 9.13. The van der Waals surface area contributed by atoms with Crippen molar-refractivity contribution in [3.8, 4) is 17.2 Å². The van der Waals surface area contributed by atoms with Gasteiger partial charge in [0, 0.05) is 5.56 Å². The Morgan fingerprint density at radius 3 is 2.22 bits per heavy atom. The van der Waals surface area contributed by atoms with Crippen molar-refractivity contribution >= 4 is 0 Å². The van der Waals surface area contributed by atoms with E-state index in [4.69, 9.17) is 5.26 Å². The van der Waals surface area contributed by atoms with Crippen LogP contribution in [0.1, 0.15) is 63.0 Å². The minimum absolute atomic E-state index is 0.0237. The SMILES string of the molecule is CCCC1CCC(CCc2ccc(-c3ccc(C#N)c(F)c3)c(F)c2)CC1. The molecule has 27 heavy (non-hydrogen) atoms. The van der Waals surface area contributed by atoms with E-state index < -0.39 is 5.82 Å². The van der Waals surface area contributed by atoms with Crippen LogP contribution >= 0.6 is 0 Å². The van der Waals surface area contributed by atoms with Crippen LogP contribution in [-0.4, -0.2) is 0 Å². The first-order valence-electron chi connectivity index (χ1n) is 10.1. The summed E-state index contributed by atoms with van der Waals surface area (Å²) in [4.78, 5) is 0. The normalized spacial score (nSPS) is 19.6. The van der Waals surface area contributed by atoms with Crippen LogP contribution < -0.4 is 0 Å². The van der Waals surface area contributed by atoms with Gasteiger partial charge < -0.3 is 0 Å². The van der Waals surface area contributed by atoms with Crippen molar-refractivity contribution in [2.75, 3.05) is 0 Å². The molecule has 0 heterocycles. The van der Waals surface area contributed by atoms with Gasteiger partial charge in [0.2, 0.25) is 0 Å². The average Bonchev–Trinajstić information content (AvgIpc) is 2.68. The highest BCUT2D eigenvalue weighted by atomic mass is 19.1.